The van der Waals surface area contributed by atoms with Crippen LogP contribution in [-0.4, -0.2) is 85.0 Å². The van der Waals surface area contributed by atoms with Crippen LogP contribution >= 0.6 is 0 Å². The minimum Gasteiger partial charge on any atom is -0.379 e. The van der Waals surface area contributed by atoms with Crippen molar-refractivity contribution in [2.75, 3.05) is 54.9 Å². The van der Waals surface area contributed by atoms with Gasteiger partial charge in [-0.25, -0.2) is 0 Å². The molecule has 45 heavy (non-hydrogen) atoms. The lowest BCUT2D eigenvalue weighted by atomic mass is 9.99. The molecule has 3 N–H and O–H groups in total. The fourth-order valence-corrected chi connectivity index (χ4v) is 6.49. The van der Waals surface area contributed by atoms with Gasteiger partial charge in [0, 0.05) is 92.2 Å². The molecule has 0 amide bonds. The summed E-state index contributed by atoms with van der Waals surface area (Å²) in [6.07, 6.45) is 11.6. The van der Waals surface area contributed by atoms with Gasteiger partial charge >= 0.3 is 0 Å². The predicted octanol–water partition coefficient (Wildman–Crippen LogP) is 5.09. The second kappa shape index (κ2) is 11.8. The van der Waals surface area contributed by atoms with E-state index < -0.39 is 0 Å². The summed E-state index contributed by atoms with van der Waals surface area (Å²) in [6, 6.07) is 15.0. The van der Waals surface area contributed by atoms with E-state index in [1.54, 1.807) is 12.4 Å². The molecule has 0 atom stereocenters. The zero-order valence-electron chi connectivity index (χ0n) is 25.1. The van der Waals surface area contributed by atoms with Gasteiger partial charge in [0.25, 0.3) is 0 Å². The zero-order valence-corrected chi connectivity index (χ0v) is 25.1. The van der Waals surface area contributed by atoms with Gasteiger partial charge in [0.2, 0.25) is 5.95 Å². The number of nitrogens with one attached hydrogen (secondary N) is 3. The Hall–Kier alpha value is -5.07. The van der Waals surface area contributed by atoms with E-state index >= 15 is 0 Å². The third kappa shape index (κ3) is 5.65. The van der Waals surface area contributed by atoms with Crippen molar-refractivity contribution in [1.82, 2.24) is 39.6 Å². The Kier molecular flexibility index (Phi) is 7.20. The maximum atomic E-state index is 5.58. The normalized spacial score (nSPS) is 16.4. The molecule has 2 fully saturated rings. The van der Waals surface area contributed by atoms with Crippen LogP contribution in [0.4, 0.5) is 28.8 Å². The van der Waals surface area contributed by atoms with Crippen LogP contribution in [0.25, 0.3) is 33.2 Å². The van der Waals surface area contributed by atoms with Crippen molar-refractivity contribution in [3.63, 3.8) is 0 Å². The first-order valence-corrected chi connectivity index (χ1v) is 15.5. The maximum Gasteiger partial charge on any atom is 0.231 e. The molecule has 12 heteroatoms. The molecule has 2 aliphatic heterocycles. The van der Waals surface area contributed by atoms with Crippen molar-refractivity contribution in [2.24, 2.45) is 7.05 Å². The summed E-state index contributed by atoms with van der Waals surface area (Å²) >= 11 is 0. The van der Waals surface area contributed by atoms with Crippen molar-refractivity contribution in [2.45, 2.75) is 18.9 Å². The van der Waals surface area contributed by atoms with Gasteiger partial charge in [-0.3, -0.25) is 19.5 Å². The number of ether oxygens (including phenoxy) is 1. The number of hydrogen-bond acceptors (Lipinski definition) is 10. The minimum absolute atomic E-state index is 0.490. The molecule has 0 unspecified atom stereocenters. The van der Waals surface area contributed by atoms with Crippen LogP contribution in [0.5, 0.6) is 0 Å². The number of hydrogen-bond donors (Lipinski definition) is 3. The third-order valence-corrected chi connectivity index (χ3v) is 8.78. The molecule has 2 saturated heterocycles. The monoisotopic (exact) mass is 601 g/mol. The molecule has 228 valence electrons. The summed E-state index contributed by atoms with van der Waals surface area (Å²) < 4.78 is 7.43. The Morgan fingerprint density at radius 3 is 2.49 bits per heavy atom. The molecule has 0 saturated carbocycles. The average Bonchev–Trinajstić information content (AvgIpc) is 3.74. The van der Waals surface area contributed by atoms with E-state index in [1.807, 2.05) is 48.4 Å². The fraction of sp³-hybridized carbons (Fsp3) is 0.303. The molecule has 0 spiro atoms. The van der Waals surface area contributed by atoms with Gasteiger partial charge in [-0.05, 0) is 55.3 Å². The summed E-state index contributed by atoms with van der Waals surface area (Å²) in [7, 11) is 1.95. The first-order chi connectivity index (χ1) is 22.2. The van der Waals surface area contributed by atoms with E-state index in [0.717, 1.165) is 96.8 Å². The van der Waals surface area contributed by atoms with Crippen LogP contribution in [-0.2, 0) is 11.8 Å². The molecule has 0 aliphatic carbocycles. The largest absolute Gasteiger partial charge is 0.379 e. The molecule has 2 aromatic carbocycles. The van der Waals surface area contributed by atoms with Gasteiger partial charge in [0.1, 0.15) is 11.5 Å². The lowest BCUT2D eigenvalue weighted by Gasteiger charge is -2.41. The summed E-state index contributed by atoms with van der Waals surface area (Å²) in [4.78, 5) is 26.8. The van der Waals surface area contributed by atoms with Gasteiger partial charge in [-0.1, -0.05) is 0 Å². The molecule has 4 aromatic heterocycles. The van der Waals surface area contributed by atoms with Crippen molar-refractivity contribution in [3.8, 4) is 11.1 Å². The van der Waals surface area contributed by atoms with Gasteiger partial charge in [0.15, 0.2) is 0 Å². The second-order valence-corrected chi connectivity index (χ2v) is 11.6. The Morgan fingerprint density at radius 1 is 0.867 bits per heavy atom. The highest BCUT2D eigenvalue weighted by Gasteiger charge is 2.27. The highest BCUT2D eigenvalue weighted by Crippen LogP contribution is 2.36. The van der Waals surface area contributed by atoms with Gasteiger partial charge < -0.3 is 25.3 Å². The van der Waals surface area contributed by atoms with Crippen LogP contribution in [0.1, 0.15) is 12.8 Å². The zero-order chi connectivity index (χ0) is 30.2. The summed E-state index contributed by atoms with van der Waals surface area (Å²) in [6.45, 7) is 5.80. The molecular weight excluding hydrogens is 566 g/mol. The number of aryl methyl sites for hydroxylation is 1. The van der Waals surface area contributed by atoms with Gasteiger partial charge in [-0.2, -0.15) is 15.1 Å². The number of fused-ring (bicyclic) bond motifs is 2. The SMILES string of the molecule is Cn1cc(-c2cc(Nc3nc(Nc4ccc5nccnc5c4)c4cc[nH]c4n3)ccc2N2CCC(N3CCOCC3)CC2)cn1. The standard InChI is InChI=1S/C33H35N11O/c1-42-21-22(20-37-42)27-18-23(3-5-30(27)44-12-7-25(8-13-44)43-14-16-45-17-15-43)39-33-40-31-26(6-9-36-31)32(41-33)38-24-2-4-28-29(19-24)35-11-10-34-28/h2-6,9-11,18-21,25H,7-8,12-17H2,1H3,(H3,36,38,39,40,41). The van der Waals surface area contributed by atoms with Crippen molar-refractivity contribution in [1.29, 1.82) is 0 Å². The molecule has 0 bridgehead atoms. The minimum atomic E-state index is 0.490. The lowest BCUT2D eigenvalue weighted by Crippen LogP contribution is -2.49. The van der Waals surface area contributed by atoms with Gasteiger partial charge in [-0.15, -0.1) is 0 Å². The van der Waals surface area contributed by atoms with Crippen LogP contribution < -0.4 is 15.5 Å². The molecule has 6 aromatic rings. The van der Waals surface area contributed by atoms with Gasteiger partial charge in [0.05, 0.1) is 35.8 Å². The first kappa shape index (κ1) is 27.5. The number of aromatic amines is 1. The van der Waals surface area contributed by atoms with E-state index in [0.29, 0.717) is 17.8 Å². The Balaban J connectivity index is 1.07. The van der Waals surface area contributed by atoms with Crippen LogP contribution in [0.3, 0.4) is 0 Å². The maximum absolute atomic E-state index is 5.58. The second-order valence-electron chi connectivity index (χ2n) is 11.6. The first-order valence-electron chi connectivity index (χ1n) is 15.5. The molecule has 12 nitrogen and oxygen atoms in total. The number of benzene rings is 2. The van der Waals surface area contributed by atoms with Crippen LogP contribution in [0.15, 0.2) is 73.4 Å². The molecule has 6 heterocycles. The topological polar surface area (TPSA) is 125 Å². The molecular formula is C33H35N11O. The highest BCUT2D eigenvalue weighted by molar-refractivity contribution is 5.91. The number of H-pyrrole nitrogens is 1. The van der Waals surface area contributed by atoms with Crippen molar-refractivity contribution in [3.05, 3.63) is 73.4 Å². The Morgan fingerprint density at radius 2 is 1.67 bits per heavy atom. The molecule has 0 radical (unpaired) electrons. The molecule has 2 aliphatic rings. The van der Waals surface area contributed by atoms with Crippen molar-refractivity contribution >= 4 is 50.9 Å². The number of anilines is 5. The summed E-state index contributed by atoms with van der Waals surface area (Å²) in [5.74, 6) is 1.18. The quantitative estimate of drug-likeness (QED) is 0.228. The highest BCUT2D eigenvalue weighted by atomic mass is 16.5. The fourth-order valence-electron chi connectivity index (χ4n) is 6.49. The summed E-state index contributed by atoms with van der Waals surface area (Å²) in [5.41, 5.74) is 7.60. The number of rotatable bonds is 7. The van der Waals surface area contributed by atoms with E-state index in [1.165, 1.54) is 5.69 Å². The van der Waals surface area contributed by atoms with Crippen LogP contribution in [0, 0.1) is 0 Å². The Labute approximate surface area is 260 Å². The number of piperidine rings is 1. The lowest BCUT2D eigenvalue weighted by molar-refractivity contribution is 0.0115. The predicted molar refractivity (Wildman–Crippen MR) is 176 cm³/mol. The van der Waals surface area contributed by atoms with E-state index in [-0.39, 0.29) is 0 Å². The average molecular weight is 602 g/mol. The molecule has 8 rings (SSSR count). The smallest absolute Gasteiger partial charge is 0.231 e. The van der Waals surface area contributed by atoms with Crippen LogP contribution in [0.2, 0.25) is 0 Å². The number of morpholine rings is 1. The Bertz CT molecular complexity index is 1950. The number of aromatic nitrogens is 7. The number of nitrogens with zero attached hydrogens (tertiary/aromatic N) is 8. The van der Waals surface area contributed by atoms with E-state index in [9.17, 15) is 0 Å². The summed E-state index contributed by atoms with van der Waals surface area (Å²) in [5, 5.41) is 12.3. The van der Waals surface area contributed by atoms with E-state index in [4.69, 9.17) is 14.7 Å². The van der Waals surface area contributed by atoms with Crippen molar-refractivity contribution < 1.29 is 4.74 Å². The third-order valence-electron chi connectivity index (χ3n) is 8.78. The van der Waals surface area contributed by atoms with E-state index in [2.05, 4.69) is 64.9 Å².